The minimum absolute atomic E-state index is 0.219. The van der Waals surface area contributed by atoms with E-state index in [1.54, 1.807) is 18.3 Å². The van der Waals surface area contributed by atoms with Gasteiger partial charge in [0.25, 0.3) is 0 Å². The van der Waals surface area contributed by atoms with E-state index in [0.717, 1.165) is 44.0 Å². The van der Waals surface area contributed by atoms with Gasteiger partial charge in [0.05, 0.1) is 12.2 Å². The fourth-order valence-corrected chi connectivity index (χ4v) is 5.77. The van der Waals surface area contributed by atoms with Gasteiger partial charge in [0.15, 0.2) is 11.5 Å². The minimum atomic E-state index is -0.244. The number of nitrogens with one attached hydrogen (secondary N) is 2. The predicted molar refractivity (Wildman–Crippen MR) is 144 cm³/mol. The summed E-state index contributed by atoms with van der Waals surface area (Å²) in [5, 5.41) is 31.1. The summed E-state index contributed by atoms with van der Waals surface area (Å²) in [5.41, 5.74) is 0.812. The van der Waals surface area contributed by atoms with Crippen molar-refractivity contribution in [3.63, 3.8) is 0 Å². The number of nitriles is 1. The zero-order valence-corrected chi connectivity index (χ0v) is 22.2. The number of aromatic nitrogens is 2. The van der Waals surface area contributed by atoms with Gasteiger partial charge in [0.2, 0.25) is 0 Å². The van der Waals surface area contributed by atoms with Crippen LogP contribution in [0.1, 0.15) is 50.4 Å². The summed E-state index contributed by atoms with van der Waals surface area (Å²) in [4.78, 5) is 13.9. The molecule has 2 aromatic rings. The number of hydrogen-bond acceptors (Lipinski definition) is 8. The van der Waals surface area contributed by atoms with E-state index in [1.165, 1.54) is 12.8 Å². The van der Waals surface area contributed by atoms with Crippen LogP contribution in [0.5, 0.6) is 0 Å². The van der Waals surface area contributed by atoms with Crippen LogP contribution in [0.25, 0.3) is 0 Å². The van der Waals surface area contributed by atoms with Crippen molar-refractivity contribution in [1.82, 2.24) is 14.9 Å². The maximum absolute atomic E-state index is 9.31. The maximum Gasteiger partial charge on any atom is 0.161 e. The lowest BCUT2D eigenvalue weighted by atomic mass is 9.80. The fraction of sp³-hybridized carbons (Fsp3) is 0.538. The molecule has 1 aromatic heterocycles. The molecule has 0 saturated carbocycles. The standard InChI is InChI=1S/C26H33Cl2N7O/c1-16(7-9-36)34-8-3-4-18(13-34)19-14-35(15-19)24-12-31-25(23(30)11-29)26(33-24)32-17(2)21-6-5-20(27)10-22(21)28/h5-6,10,12,16-19,30,36H,3-4,7-9,13-15H2,1-2H3,(H,32,33). The van der Waals surface area contributed by atoms with Gasteiger partial charge >= 0.3 is 0 Å². The summed E-state index contributed by atoms with van der Waals surface area (Å²) in [6.07, 6.45) is 4.90. The minimum Gasteiger partial charge on any atom is -0.396 e. The molecule has 1 aromatic carbocycles. The molecular weight excluding hydrogens is 497 g/mol. The van der Waals surface area contributed by atoms with Crippen LogP contribution in [0.4, 0.5) is 11.6 Å². The molecule has 0 aliphatic carbocycles. The summed E-state index contributed by atoms with van der Waals surface area (Å²) in [5.74, 6) is 2.36. The Hall–Kier alpha value is -2.44. The highest BCUT2D eigenvalue weighted by atomic mass is 35.5. The van der Waals surface area contributed by atoms with Crippen molar-refractivity contribution in [3.05, 3.63) is 45.7 Å². The number of piperidine rings is 1. The van der Waals surface area contributed by atoms with Gasteiger partial charge in [0, 0.05) is 42.3 Å². The zero-order valence-electron chi connectivity index (χ0n) is 20.7. The maximum atomic E-state index is 9.31. The third-order valence-electron chi connectivity index (χ3n) is 7.45. The molecule has 3 atom stereocenters. The molecule has 36 heavy (non-hydrogen) atoms. The number of likely N-dealkylation sites (tertiary alicyclic amines) is 1. The second-order valence-corrected chi connectivity index (χ2v) is 10.7. The van der Waals surface area contributed by atoms with Crippen molar-refractivity contribution in [1.29, 1.82) is 10.7 Å². The number of nitrogens with zero attached hydrogens (tertiary/aromatic N) is 5. The van der Waals surface area contributed by atoms with E-state index < -0.39 is 0 Å². The highest BCUT2D eigenvalue weighted by Gasteiger charge is 2.37. The summed E-state index contributed by atoms with van der Waals surface area (Å²) < 4.78 is 0. The van der Waals surface area contributed by atoms with Crippen molar-refractivity contribution >= 4 is 40.5 Å². The van der Waals surface area contributed by atoms with Crippen molar-refractivity contribution < 1.29 is 5.11 Å². The molecule has 192 valence electrons. The lowest BCUT2D eigenvalue weighted by molar-refractivity contribution is 0.0791. The Morgan fingerprint density at radius 2 is 2.06 bits per heavy atom. The lowest BCUT2D eigenvalue weighted by Gasteiger charge is -2.48. The number of anilines is 2. The van der Waals surface area contributed by atoms with Gasteiger partial charge in [-0.1, -0.05) is 29.3 Å². The molecule has 8 nitrogen and oxygen atoms in total. The summed E-state index contributed by atoms with van der Waals surface area (Å²) in [7, 11) is 0. The zero-order chi connectivity index (χ0) is 25.8. The number of benzene rings is 1. The van der Waals surface area contributed by atoms with Crippen LogP contribution >= 0.6 is 23.2 Å². The highest BCUT2D eigenvalue weighted by Crippen LogP contribution is 2.35. The van der Waals surface area contributed by atoms with Gasteiger partial charge in [0.1, 0.15) is 17.6 Å². The number of aliphatic hydroxyl groups is 1. The predicted octanol–water partition coefficient (Wildman–Crippen LogP) is 4.77. The van der Waals surface area contributed by atoms with Gasteiger partial charge < -0.3 is 20.2 Å². The average Bonchev–Trinajstić information content (AvgIpc) is 2.83. The number of halogens is 2. The normalized spacial score (nSPS) is 20.3. The molecule has 3 heterocycles. The van der Waals surface area contributed by atoms with Crippen LogP contribution < -0.4 is 10.2 Å². The Bertz CT molecular complexity index is 1130. The quantitative estimate of drug-likeness (QED) is 0.401. The highest BCUT2D eigenvalue weighted by molar-refractivity contribution is 6.35. The Labute approximate surface area is 222 Å². The summed E-state index contributed by atoms with van der Waals surface area (Å²) in [6, 6.07) is 7.36. The number of rotatable bonds is 9. The first-order valence-electron chi connectivity index (χ1n) is 12.5. The molecule has 2 aliphatic heterocycles. The third kappa shape index (κ3) is 5.92. The first kappa shape index (κ1) is 26.6. The Morgan fingerprint density at radius 3 is 2.75 bits per heavy atom. The van der Waals surface area contributed by atoms with E-state index in [9.17, 15) is 10.4 Å². The molecule has 2 aliphatic rings. The Morgan fingerprint density at radius 1 is 1.28 bits per heavy atom. The van der Waals surface area contributed by atoms with Gasteiger partial charge in [-0.2, -0.15) is 5.26 Å². The van der Waals surface area contributed by atoms with Crippen LogP contribution in [0, 0.1) is 28.6 Å². The third-order valence-corrected chi connectivity index (χ3v) is 8.01. The van der Waals surface area contributed by atoms with E-state index in [2.05, 4.69) is 27.0 Å². The molecule has 4 rings (SSSR count). The van der Waals surface area contributed by atoms with Gasteiger partial charge in [-0.05, 0) is 69.2 Å². The van der Waals surface area contributed by atoms with Crippen molar-refractivity contribution in [2.24, 2.45) is 11.8 Å². The lowest BCUT2D eigenvalue weighted by Crippen LogP contribution is -2.54. The van der Waals surface area contributed by atoms with Gasteiger partial charge in [-0.25, -0.2) is 9.97 Å². The van der Waals surface area contributed by atoms with Crippen LogP contribution in [-0.2, 0) is 0 Å². The average molecular weight is 531 g/mol. The first-order chi connectivity index (χ1) is 17.3. The largest absolute Gasteiger partial charge is 0.396 e. The van der Waals surface area contributed by atoms with E-state index in [-0.39, 0.29) is 24.1 Å². The van der Waals surface area contributed by atoms with E-state index >= 15 is 0 Å². The van der Waals surface area contributed by atoms with E-state index in [4.69, 9.17) is 33.6 Å². The molecule has 0 spiro atoms. The smallest absolute Gasteiger partial charge is 0.161 e. The summed E-state index contributed by atoms with van der Waals surface area (Å²) in [6.45, 7) is 8.39. The molecule has 2 saturated heterocycles. The molecular formula is C26H33Cl2N7O. The monoisotopic (exact) mass is 529 g/mol. The molecule has 0 radical (unpaired) electrons. The molecule has 0 bridgehead atoms. The summed E-state index contributed by atoms with van der Waals surface area (Å²) >= 11 is 12.4. The topological polar surface area (TPSA) is 112 Å². The van der Waals surface area contributed by atoms with Crippen LogP contribution in [0.3, 0.4) is 0 Å². The SMILES string of the molecule is CC(Nc1nc(N2CC(C3CCCN(C(C)CCO)C3)C2)cnc1C(=N)C#N)c1ccc(Cl)cc1Cl. The molecule has 2 fully saturated rings. The van der Waals surface area contributed by atoms with Crippen LogP contribution in [0.2, 0.25) is 10.0 Å². The molecule has 3 N–H and O–H groups in total. The van der Waals surface area contributed by atoms with Crippen molar-refractivity contribution in [2.75, 3.05) is 43.0 Å². The number of hydrogen-bond donors (Lipinski definition) is 3. The van der Waals surface area contributed by atoms with Crippen LogP contribution in [-0.4, -0.2) is 64.5 Å². The molecule has 10 heteroatoms. The van der Waals surface area contributed by atoms with Crippen molar-refractivity contribution in [3.8, 4) is 6.07 Å². The number of aliphatic hydroxyl groups excluding tert-OH is 1. The van der Waals surface area contributed by atoms with E-state index in [0.29, 0.717) is 33.7 Å². The van der Waals surface area contributed by atoms with Gasteiger partial charge in [-0.3, -0.25) is 5.41 Å². The van der Waals surface area contributed by atoms with Gasteiger partial charge in [-0.15, -0.1) is 0 Å². The fourth-order valence-electron chi connectivity index (χ4n) is 5.20. The second kappa shape index (κ2) is 11.7. The molecule has 0 amide bonds. The Kier molecular flexibility index (Phi) is 8.68. The van der Waals surface area contributed by atoms with E-state index in [1.807, 2.05) is 19.1 Å². The molecule has 3 unspecified atom stereocenters. The van der Waals surface area contributed by atoms with Crippen LogP contribution in [0.15, 0.2) is 24.4 Å². The first-order valence-corrected chi connectivity index (χ1v) is 13.2. The van der Waals surface area contributed by atoms with Crippen molar-refractivity contribution in [2.45, 2.75) is 45.2 Å². The second-order valence-electron chi connectivity index (χ2n) is 9.87. The Balaban J connectivity index is 1.46.